The number of benzene rings is 6. The van der Waals surface area contributed by atoms with E-state index in [1.807, 2.05) is 54.6 Å². The molecule has 15 heteroatoms. The van der Waals surface area contributed by atoms with Crippen LogP contribution in [0.4, 0.5) is 0 Å². The average molecular weight is 915 g/mol. The molecule has 0 saturated heterocycles. The zero-order chi connectivity index (χ0) is 47.5. The van der Waals surface area contributed by atoms with Crippen LogP contribution in [0.1, 0.15) is 47.8 Å². The summed E-state index contributed by atoms with van der Waals surface area (Å²) in [5, 5.41) is 27.8. The lowest BCUT2D eigenvalue weighted by Gasteiger charge is -2.12. The molecule has 0 bridgehead atoms. The lowest BCUT2D eigenvalue weighted by Crippen LogP contribution is -2.14. The number of hydrogen-bond acceptors (Lipinski definition) is 13. The molecule has 0 amide bonds. The number of carbonyl (C=O) groups excluding carboxylic acids is 1. The Labute approximate surface area is 387 Å². The van der Waals surface area contributed by atoms with E-state index >= 15 is 0 Å². The maximum atomic E-state index is 12.6. The Kier molecular flexibility index (Phi) is 21.0. The Morgan fingerprint density at radius 3 is 1.55 bits per heavy atom. The smallest absolute Gasteiger partial charge is 0.344 e. The van der Waals surface area contributed by atoms with Gasteiger partial charge in [0.1, 0.15) is 54.7 Å². The number of aromatic carboxylic acids is 2. The lowest BCUT2D eigenvalue weighted by atomic mass is 10.1. The fourth-order valence-electron chi connectivity index (χ4n) is 5.92. The summed E-state index contributed by atoms with van der Waals surface area (Å²) in [6, 6.07) is 40.8. The first-order chi connectivity index (χ1) is 32.7. The van der Waals surface area contributed by atoms with Crippen molar-refractivity contribution in [1.29, 1.82) is 0 Å². The Hall–Kier alpha value is -7.87. The zero-order valence-corrected chi connectivity index (χ0v) is 36.5. The number of hydrogen-bond donors (Lipinski definition) is 3. The Bertz CT molecular complexity index is 2470. The third-order valence-electron chi connectivity index (χ3n) is 9.29. The van der Waals surface area contributed by atoms with Crippen LogP contribution in [0, 0.1) is 12.5 Å². The lowest BCUT2D eigenvalue weighted by molar-refractivity contribution is -0.217. The Balaban J connectivity index is 0.00000110. The van der Waals surface area contributed by atoms with Gasteiger partial charge in [-0.15, -0.1) is 0 Å². The fourth-order valence-corrected chi connectivity index (χ4v) is 5.92. The highest BCUT2D eigenvalue weighted by Crippen LogP contribution is 2.23. The highest BCUT2D eigenvalue weighted by Gasteiger charge is 2.20. The van der Waals surface area contributed by atoms with Crippen LogP contribution in [-0.2, 0) is 38.5 Å². The molecule has 6 aromatic rings. The van der Waals surface area contributed by atoms with E-state index in [-0.39, 0.29) is 41.4 Å². The molecule has 0 radical (unpaired) electrons. The number of esters is 1. The summed E-state index contributed by atoms with van der Waals surface area (Å²) in [7, 11) is 0. The fraction of sp³-hybridized carbons (Fsp3) is 0.212. The minimum Gasteiger partial charge on any atom is -0.508 e. The molecule has 0 heterocycles. The molecule has 0 fully saturated rings. The summed E-state index contributed by atoms with van der Waals surface area (Å²) < 4.78 is 38.4. The van der Waals surface area contributed by atoms with Gasteiger partial charge in [0, 0.05) is 0 Å². The standard InChI is InChI=1S/C46H44O14.C6H6O/c1-2-55-39-18-19-41(43(31-39)45(49)50)46(51)59-37-13-8-33(9-14-37)20-22-52-24-26-54-27-25-53-23-21-34-10-15-38(16-11-34)60-58-32-35-12-17-40(30-42(35)44(47)48)57-29-28-56-36-6-4-3-5-7-36;7-6-4-2-1-3-5-6/h1,3-19,30-31H,20-29,32H2,(H,47,48)(H,49,50);1-5,7H. The minimum atomic E-state index is -1.32. The first-order valence-corrected chi connectivity index (χ1v) is 21.0. The summed E-state index contributed by atoms with van der Waals surface area (Å²) >= 11 is 0. The predicted molar refractivity (Wildman–Crippen MR) is 245 cm³/mol. The van der Waals surface area contributed by atoms with Gasteiger partial charge >= 0.3 is 17.9 Å². The number of ether oxygens (including phenoxy) is 7. The second kappa shape index (κ2) is 28.1. The average Bonchev–Trinajstić information content (AvgIpc) is 3.34. The van der Waals surface area contributed by atoms with Crippen molar-refractivity contribution in [3.05, 3.63) is 179 Å². The van der Waals surface area contributed by atoms with Crippen molar-refractivity contribution in [3.63, 3.8) is 0 Å². The largest absolute Gasteiger partial charge is 0.508 e. The normalized spacial score (nSPS) is 10.4. The highest BCUT2D eigenvalue weighted by atomic mass is 17.2. The molecular weight excluding hydrogens is 865 g/mol. The van der Waals surface area contributed by atoms with Crippen LogP contribution in [-0.4, -0.2) is 86.1 Å². The van der Waals surface area contributed by atoms with Crippen LogP contribution in [0.25, 0.3) is 0 Å². The molecule has 0 unspecified atom stereocenters. The summed E-state index contributed by atoms with van der Waals surface area (Å²) in [4.78, 5) is 46.9. The van der Waals surface area contributed by atoms with E-state index in [4.69, 9.17) is 54.5 Å². The quantitative estimate of drug-likeness (QED) is 0.0117. The monoisotopic (exact) mass is 914 g/mol. The van der Waals surface area contributed by atoms with Crippen molar-refractivity contribution in [2.75, 3.05) is 52.9 Å². The van der Waals surface area contributed by atoms with Gasteiger partial charge in [0.05, 0.1) is 56.3 Å². The van der Waals surface area contributed by atoms with Gasteiger partial charge in [-0.1, -0.05) is 73.2 Å². The molecule has 0 saturated carbocycles. The molecule has 15 nitrogen and oxygen atoms in total. The van der Waals surface area contributed by atoms with Crippen LogP contribution >= 0.6 is 0 Å². The van der Waals surface area contributed by atoms with Gasteiger partial charge in [-0.25, -0.2) is 14.4 Å². The van der Waals surface area contributed by atoms with E-state index in [2.05, 4.69) is 0 Å². The Morgan fingerprint density at radius 2 is 1.00 bits per heavy atom. The molecular formula is C52H50O15. The molecule has 3 N–H and O–H groups in total. The summed E-state index contributed by atoms with van der Waals surface area (Å²) in [6.45, 7) is 3.14. The van der Waals surface area contributed by atoms with E-state index in [0.717, 1.165) is 22.9 Å². The molecule has 6 aromatic carbocycles. The molecule has 0 atom stereocenters. The number of rotatable bonds is 26. The van der Waals surface area contributed by atoms with Crippen LogP contribution in [0.3, 0.4) is 0 Å². The van der Waals surface area contributed by atoms with Crippen molar-refractivity contribution >= 4 is 17.9 Å². The molecule has 0 aromatic heterocycles. The molecule has 0 aliphatic carbocycles. The van der Waals surface area contributed by atoms with E-state index in [1.54, 1.807) is 72.8 Å². The van der Waals surface area contributed by atoms with Gasteiger partial charge in [-0.05, 0) is 108 Å². The molecule has 0 spiro atoms. The van der Waals surface area contributed by atoms with E-state index < -0.39 is 17.9 Å². The number of para-hydroxylation sites is 2. The van der Waals surface area contributed by atoms with Gasteiger partial charge in [0.25, 0.3) is 0 Å². The van der Waals surface area contributed by atoms with E-state index in [0.29, 0.717) is 81.9 Å². The van der Waals surface area contributed by atoms with Gasteiger partial charge in [-0.2, -0.15) is 4.89 Å². The SMILES string of the molecule is C#COc1ccc(C(=O)Oc2ccc(CCOCCOCCOCCc3ccc(OOCc4ccc(OCCOc5ccccc5)cc4C(=O)O)cc3)cc2)c(C(=O)O)c1.Oc1ccccc1. The number of aromatic hydroxyl groups is 1. The van der Waals surface area contributed by atoms with Gasteiger partial charge in [0.15, 0.2) is 5.75 Å². The van der Waals surface area contributed by atoms with Crippen LogP contribution < -0.4 is 23.8 Å². The van der Waals surface area contributed by atoms with Crippen LogP contribution in [0.2, 0.25) is 0 Å². The van der Waals surface area contributed by atoms with Crippen LogP contribution in [0.5, 0.6) is 34.5 Å². The zero-order valence-electron chi connectivity index (χ0n) is 36.5. The molecule has 0 aliphatic heterocycles. The molecule has 67 heavy (non-hydrogen) atoms. The first kappa shape index (κ1) is 50.1. The summed E-state index contributed by atoms with van der Waals surface area (Å²) in [6.07, 6.45) is 8.35. The number of phenols is 1. The molecule has 6 rings (SSSR count). The predicted octanol–water partition coefficient (Wildman–Crippen LogP) is 8.47. The van der Waals surface area contributed by atoms with Gasteiger partial charge < -0.3 is 53.4 Å². The second-order valence-corrected chi connectivity index (χ2v) is 14.1. The summed E-state index contributed by atoms with van der Waals surface area (Å²) in [5.41, 5.74) is 2.06. The number of phenolic OH excluding ortho intramolecular Hbond substituents is 1. The number of terminal acetylenes is 1. The first-order valence-electron chi connectivity index (χ1n) is 21.0. The van der Waals surface area contributed by atoms with Crippen molar-refractivity contribution in [2.24, 2.45) is 0 Å². The highest BCUT2D eigenvalue weighted by molar-refractivity contribution is 6.03. The number of carboxylic acid groups (broad SMARTS) is 2. The molecule has 348 valence electrons. The molecule has 0 aliphatic rings. The van der Waals surface area contributed by atoms with Crippen molar-refractivity contribution in [3.8, 4) is 47.0 Å². The van der Waals surface area contributed by atoms with Crippen LogP contribution in [0.15, 0.2) is 146 Å². The van der Waals surface area contributed by atoms with E-state index in [1.165, 1.54) is 18.2 Å². The minimum absolute atomic E-state index is 0.0504. The maximum absolute atomic E-state index is 12.6. The Morgan fingerprint density at radius 1 is 0.493 bits per heavy atom. The number of carboxylic acids is 2. The summed E-state index contributed by atoms with van der Waals surface area (Å²) in [5.74, 6) is -0.939. The third kappa shape index (κ3) is 18.3. The topological polar surface area (TPSA) is 195 Å². The third-order valence-corrected chi connectivity index (χ3v) is 9.29. The second-order valence-electron chi connectivity index (χ2n) is 14.1. The maximum Gasteiger partial charge on any atom is 0.344 e. The number of carbonyl (C=O) groups is 3. The van der Waals surface area contributed by atoms with Crippen molar-refractivity contribution < 1.29 is 72.6 Å². The van der Waals surface area contributed by atoms with Crippen molar-refractivity contribution in [1.82, 2.24) is 0 Å². The van der Waals surface area contributed by atoms with Gasteiger partial charge in [-0.3, -0.25) is 0 Å². The van der Waals surface area contributed by atoms with Crippen molar-refractivity contribution in [2.45, 2.75) is 19.4 Å². The van der Waals surface area contributed by atoms with E-state index in [9.17, 15) is 24.6 Å². The van der Waals surface area contributed by atoms with Gasteiger partial charge in [0.2, 0.25) is 0 Å².